The Labute approximate surface area is 214 Å². The van der Waals surface area contributed by atoms with Crippen molar-refractivity contribution >= 4 is 11.9 Å². The maximum Gasteiger partial charge on any atom is 0.311 e. The van der Waals surface area contributed by atoms with Gasteiger partial charge in [-0.2, -0.15) is 0 Å². The van der Waals surface area contributed by atoms with Crippen LogP contribution in [0.3, 0.4) is 0 Å². The summed E-state index contributed by atoms with van der Waals surface area (Å²) < 4.78 is 17.3. The Morgan fingerprint density at radius 1 is 0.571 bits per heavy atom. The van der Waals surface area contributed by atoms with Crippen LogP contribution in [0, 0.1) is 0 Å². The second-order valence-corrected chi connectivity index (χ2v) is 9.48. The van der Waals surface area contributed by atoms with Crippen molar-refractivity contribution in [2.45, 2.75) is 136 Å². The van der Waals surface area contributed by atoms with Gasteiger partial charge < -0.3 is 14.2 Å². The zero-order valence-corrected chi connectivity index (χ0v) is 22.7. The van der Waals surface area contributed by atoms with Crippen molar-refractivity contribution in [3.05, 3.63) is 18.2 Å². The van der Waals surface area contributed by atoms with Gasteiger partial charge in [0.2, 0.25) is 5.75 Å². The predicted octanol–water partition coefficient (Wildman–Crippen LogP) is 8.96. The van der Waals surface area contributed by atoms with E-state index in [4.69, 9.17) is 14.2 Å². The van der Waals surface area contributed by atoms with E-state index in [1.807, 2.05) is 0 Å². The molecular formula is C30H50O5. The quantitative estimate of drug-likeness (QED) is 0.0922. The van der Waals surface area contributed by atoms with Crippen molar-refractivity contribution in [3.8, 4) is 17.2 Å². The minimum Gasteiger partial charge on any atom is -0.490 e. The minimum atomic E-state index is -0.311. The Bertz CT molecular complexity index is 685. The van der Waals surface area contributed by atoms with Gasteiger partial charge in [-0.05, 0) is 31.4 Å². The Balaban J connectivity index is 2.71. The smallest absolute Gasteiger partial charge is 0.311 e. The molecule has 0 fully saturated rings. The molecule has 1 rings (SSSR count). The topological polar surface area (TPSA) is 61.8 Å². The van der Waals surface area contributed by atoms with Crippen LogP contribution in [0.15, 0.2) is 18.2 Å². The van der Waals surface area contributed by atoms with Crippen molar-refractivity contribution in [2.24, 2.45) is 0 Å². The van der Waals surface area contributed by atoms with E-state index in [0.29, 0.717) is 25.2 Å². The summed E-state index contributed by atoms with van der Waals surface area (Å²) in [5.74, 6) is 0.353. The lowest BCUT2D eigenvalue weighted by Crippen LogP contribution is -2.13. The monoisotopic (exact) mass is 490 g/mol. The molecule has 0 saturated carbocycles. The summed E-state index contributed by atoms with van der Waals surface area (Å²) in [7, 11) is 0. The van der Waals surface area contributed by atoms with Crippen LogP contribution in [-0.4, -0.2) is 18.5 Å². The van der Waals surface area contributed by atoms with Crippen LogP contribution in [0.5, 0.6) is 17.2 Å². The number of carbonyl (C=O) groups is 2. The molecule has 0 saturated heterocycles. The average molecular weight is 491 g/mol. The number of esters is 2. The molecule has 0 heterocycles. The van der Waals surface area contributed by atoms with Gasteiger partial charge in [0.25, 0.3) is 0 Å². The number of benzene rings is 1. The summed E-state index contributed by atoms with van der Waals surface area (Å²) in [6, 6.07) is 5.24. The highest BCUT2D eigenvalue weighted by atomic mass is 16.6. The molecule has 0 bridgehead atoms. The fourth-order valence-corrected chi connectivity index (χ4v) is 3.94. The van der Waals surface area contributed by atoms with Crippen LogP contribution in [0.2, 0.25) is 0 Å². The number of hydrogen-bond acceptors (Lipinski definition) is 5. The SMILES string of the molecule is CCCCCCCCOc1cccc(OC(=O)CCCCCCC)c1OC(=O)CCCCCCC. The number of ether oxygens (including phenoxy) is 3. The van der Waals surface area contributed by atoms with E-state index in [1.54, 1.807) is 18.2 Å². The van der Waals surface area contributed by atoms with Gasteiger partial charge in [0, 0.05) is 12.8 Å². The van der Waals surface area contributed by atoms with E-state index in [2.05, 4.69) is 20.8 Å². The summed E-state index contributed by atoms with van der Waals surface area (Å²) in [4.78, 5) is 25.0. The van der Waals surface area contributed by atoms with E-state index in [9.17, 15) is 9.59 Å². The van der Waals surface area contributed by atoms with Crippen molar-refractivity contribution in [1.29, 1.82) is 0 Å². The molecule has 0 radical (unpaired) electrons. The van der Waals surface area contributed by atoms with Gasteiger partial charge in [0.15, 0.2) is 11.5 Å². The Morgan fingerprint density at radius 3 is 1.60 bits per heavy atom. The summed E-state index contributed by atoms with van der Waals surface area (Å²) in [5.41, 5.74) is 0. The van der Waals surface area contributed by atoms with Gasteiger partial charge in [0.1, 0.15) is 0 Å². The summed E-state index contributed by atoms with van der Waals surface area (Å²) in [6.45, 7) is 7.10. The van der Waals surface area contributed by atoms with Gasteiger partial charge in [-0.25, -0.2) is 0 Å². The highest BCUT2D eigenvalue weighted by molar-refractivity contribution is 5.77. The molecule has 0 aliphatic heterocycles. The van der Waals surface area contributed by atoms with E-state index in [-0.39, 0.29) is 23.4 Å². The third-order valence-corrected chi connectivity index (χ3v) is 6.11. The number of hydrogen-bond donors (Lipinski definition) is 0. The molecule has 35 heavy (non-hydrogen) atoms. The normalized spacial score (nSPS) is 10.8. The minimum absolute atomic E-state index is 0.233. The molecule has 1 aromatic carbocycles. The third kappa shape index (κ3) is 15.5. The highest BCUT2D eigenvalue weighted by Crippen LogP contribution is 2.38. The summed E-state index contributed by atoms with van der Waals surface area (Å²) in [6.07, 6.45) is 18.3. The fourth-order valence-electron chi connectivity index (χ4n) is 3.94. The zero-order chi connectivity index (χ0) is 25.6. The number of para-hydroxylation sites is 1. The van der Waals surface area contributed by atoms with Crippen LogP contribution < -0.4 is 14.2 Å². The lowest BCUT2D eigenvalue weighted by atomic mass is 10.1. The molecule has 5 heteroatoms. The maximum absolute atomic E-state index is 12.6. The average Bonchev–Trinajstić information content (AvgIpc) is 2.85. The van der Waals surface area contributed by atoms with Crippen LogP contribution in [0.25, 0.3) is 0 Å². The standard InChI is InChI=1S/C30H50O5/c1-4-7-10-13-16-19-25-33-26-21-20-22-27(34-28(31)23-17-14-11-8-5-2)30(26)35-29(32)24-18-15-12-9-6-3/h20-22H,4-19,23-25H2,1-3H3. The summed E-state index contributed by atoms with van der Waals surface area (Å²) >= 11 is 0. The van der Waals surface area contributed by atoms with E-state index < -0.39 is 0 Å². The Kier molecular flexibility index (Phi) is 18.8. The summed E-state index contributed by atoms with van der Waals surface area (Å²) in [5, 5.41) is 0. The molecule has 0 aliphatic rings. The molecule has 0 unspecified atom stereocenters. The third-order valence-electron chi connectivity index (χ3n) is 6.11. The van der Waals surface area contributed by atoms with Gasteiger partial charge in [-0.3, -0.25) is 9.59 Å². The second kappa shape index (κ2) is 21.3. The molecule has 0 atom stereocenters. The molecule has 5 nitrogen and oxygen atoms in total. The molecule has 200 valence electrons. The van der Waals surface area contributed by atoms with Crippen LogP contribution >= 0.6 is 0 Å². The zero-order valence-electron chi connectivity index (χ0n) is 22.7. The molecule has 1 aromatic rings. The lowest BCUT2D eigenvalue weighted by Gasteiger charge is -2.15. The van der Waals surface area contributed by atoms with Gasteiger partial charge in [-0.15, -0.1) is 0 Å². The van der Waals surface area contributed by atoms with Crippen LogP contribution in [0.1, 0.15) is 136 Å². The van der Waals surface area contributed by atoms with Crippen molar-refractivity contribution in [2.75, 3.05) is 6.61 Å². The number of rotatable bonds is 22. The van der Waals surface area contributed by atoms with Gasteiger partial charge in [0.05, 0.1) is 6.61 Å². The van der Waals surface area contributed by atoms with E-state index in [1.165, 1.54) is 51.4 Å². The van der Waals surface area contributed by atoms with E-state index >= 15 is 0 Å². The largest absolute Gasteiger partial charge is 0.490 e. The molecule has 0 aliphatic carbocycles. The molecule has 0 spiro atoms. The molecular weight excluding hydrogens is 440 g/mol. The first-order valence-electron chi connectivity index (χ1n) is 14.3. The fraction of sp³-hybridized carbons (Fsp3) is 0.733. The van der Waals surface area contributed by atoms with Crippen molar-refractivity contribution in [3.63, 3.8) is 0 Å². The van der Waals surface area contributed by atoms with Crippen LogP contribution in [-0.2, 0) is 9.59 Å². The highest BCUT2D eigenvalue weighted by Gasteiger charge is 2.19. The van der Waals surface area contributed by atoms with E-state index in [0.717, 1.165) is 51.4 Å². The van der Waals surface area contributed by atoms with Crippen molar-refractivity contribution in [1.82, 2.24) is 0 Å². The molecule has 0 amide bonds. The number of unbranched alkanes of at least 4 members (excludes halogenated alkanes) is 13. The first-order valence-corrected chi connectivity index (χ1v) is 14.3. The first kappa shape index (κ1) is 31.0. The Morgan fingerprint density at radius 2 is 1.03 bits per heavy atom. The van der Waals surface area contributed by atoms with Gasteiger partial charge in [-0.1, -0.05) is 110 Å². The maximum atomic E-state index is 12.6. The molecule has 0 aromatic heterocycles. The lowest BCUT2D eigenvalue weighted by molar-refractivity contribution is -0.137. The predicted molar refractivity (Wildman–Crippen MR) is 143 cm³/mol. The first-order chi connectivity index (χ1) is 17.1. The van der Waals surface area contributed by atoms with Crippen LogP contribution in [0.4, 0.5) is 0 Å². The van der Waals surface area contributed by atoms with Gasteiger partial charge >= 0.3 is 11.9 Å². The van der Waals surface area contributed by atoms with Crippen molar-refractivity contribution < 1.29 is 23.8 Å². The Hall–Kier alpha value is -2.04. The number of carbonyl (C=O) groups excluding carboxylic acids is 2. The molecule has 0 N–H and O–H groups in total. The second-order valence-electron chi connectivity index (χ2n) is 9.48.